The molecule has 0 spiro atoms. The monoisotopic (exact) mass is 447 g/mol. The van der Waals surface area contributed by atoms with Gasteiger partial charge < -0.3 is 20.7 Å². The first kappa shape index (κ1) is 21.9. The number of nitrogens with one attached hydrogen (secondary N) is 3. The summed E-state index contributed by atoms with van der Waals surface area (Å²) in [7, 11) is 0. The van der Waals surface area contributed by atoms with Crippen molar-refractivity contribution in [3.63, 3.8) is 0 Å². The highest BCUT2D eigenvalue weighted by Gasteiger charge is 2.27. The summed E-state index contributed by atoms with van der Waals surface area (Å²) in [4.78, 5) is 21.4. The minimum absolute atomic E-state index is 0.210. The molecule has 166 valence electrons. The molecule has 2 saturated heterocycles. The number of piperidine rings is 1. The number of aromatic nitrogens is 2. The van der Waals surface area contributed by atoms with Gasteiger partial charge in [-0.2, -0.15) is 0 Å². The maximum Gasteiger partial charge on any atom is 0.230 e. The summed E-state index contributed by atoms with van der Waals surface area (Å²) in [6, 6.07) is 7.40. The van der Waals surface area contributed by atoms with Gasteiger partial charge in [-0.1, -0.05) is 17.7 Å². The molecule has 0 aliphatic carbocycles. The van der Waals surface area contributed by atoms with Gasteiger partial charge in [0.1, 0.15) is 17.8 Å². The average Bonchev–Trinajstić information content (AvgIpc) is 2.80. The van der Waals surface area contributed by atoms with Crippen molar-refractivity contribution in [1.82, 2.24) is 15.3 Å². The van der Waals surface area contributed by atoms with Crippen LogP contribution in [0.5, 0.6) is 0 Å². The highest BCUT2D eigenvalue weighted by molar-refractivity contribution is 6.33. The van der Waals surface area contributed by atoms with Crippen LogP contribution in [0, 0.1) is 11.8 Å². The number of halogens is 2. The zero-order valence-corrected chi connectivity index (χ0v) is 18.0. The SMILES string of the molecule is O=C(Nc1cc(-c2cccc(NCC3CCOCC3)n2)c(Cl)cn1)[C@H]1CNC[C@@H](F)C1. The second-order valence-corrected chi connectivity index (χ2v) is 8.48. The molecule has 2 aromatic heterocycles. The molecule has 2 aromatic rings. The van der Waals surface area contributed by atoms with Gasteiger partial charge in [0.25, 0.3) is 0 Å². The third kappa shape index (κ3) is 5.90. The molecule has 9 heteroatoms. The molecule has 2 fully saturated rings. The maximum atomic E-state index is 13.6. The third-order valence-corrected chi connectivity index (χ3v) is 6.01. The lowest BCUT2D eigenvalue weighted by atomic mass is 9.97. The van der Waals surface area contributed by atoms with Crippen LogP contribution < -0.4 is 16.0 Å². The van der Waals surface area contributed by atoms with Gasteiger partial charge in [0.15, 0.2) is 0 Å². The Balaban J connectivity index is 1.44. The Morgan fingerprint density at radius 1 is 1.26 bits per heavy atom. The van der Waals surface area contributed by atoms with Crippen LogP contribution in [0.1, 0.15) is 19.3 Å². The van der Waals surface area contributed by atoms with Crippen molar-refractivity contribution in [2.45, 2.75) is 25.4 Å². The van der Waals surface area contributed by atoms with Crippen molar-refractivity contribution in [3.05, 3.63) is 35.5 Å². The van der Waals surface area contributed by atoms with Crippen LogP contribution in [0.15, 0.2) is 30.5 Å². The number of nitrogens with zero attached hydrogens (tertiary/aromatic N) is 2. The molecule has 3 N–H and O–H groups in total. The number of carbonyl (C=O) groups excluding carboxylic acids is 1. The van der Waals surface area contributed by atoms with Crippen molar-refractivity contribution in [2.75, 3.05) is 43.5 Å². The Morgan fingerprint density at radius 2 is 2.10 bits per heavy atom. The summed E-state index contributed by atoms with van der Waals surface area (Å²) in [5, 5.41) is 9.56. The van der Waals surface area contributed by atoms with Crippen LogP contribution in [0.2, 0.25) is 5.02 Å². The van der Waals surface area contributed by atoms with Crippen molar-refractivity contribution < 1.29 is 13.9 Å². The van der Waals surface area contributed by atoms with E-state index in [-0.39, 0.29) is 18.9 Å². The lowest BCUT2D eigenvalue weighted by Crippen LogP contribution is -2.42. The van der Waals surface area contributed by atoms with Crippen molar-refractivity contribution in [3.8, 4) is 11.3 Å². The van der Waals surface area contributed by atoms with Gasteiger partial charge in [-0.25, -0.2) is 14.4 Å². The number of hydrogen-bond donors (Lipinski definition) is 3. The summed E-state index contributed by atoms with van der Waals surface area (Å²) in [6.07, 6.45) is 2.78. The maximum absolute atomic E-state index is 13.6. The highest BCUT2D eigenvalue weighted by atomic mass is 35.5. The second-order valence-electron chi connectivity index (χ2n) is 8.07. The average molecular weight is 448 g/mol. The summed E-state index contributed by atoms with van der Waals surface area (Å²) in [5.74, 6) is 1.03. The number of amides is 1. The number of ether oxygens (including phenoxy) is 1. The largest absolute Gasteiger partial charge is 0.381 e. The summed E-state index contributed by atoms with van der Waals surface area (Å²) < 4.78 is 19.0. The molecule has 0 saturated carbocycles. The van der Waals surface area contributed by atoms with Crippen LogP contribution in [-0.2, 0) is 9.53 Å². The van der Waals surface area contributed by atoms with E-state index in [1.807, 2.05) is 18.2 Å². The topological polar surface area (TPSA) is 88.2 Å². The van der Waals surface area contributed by atoms with Crippen molar-refractivity contribution in [1.29, 1.82) is 0 Å². The first-order valence-electron chi connectivity index (χ1n) is 10.7. The number of anilines is 2. The molecule has 0 bridgehead atoms. The molecule has 0 radical (unpaired) electrons. The zero-order chi connectivity index (χ0) is 21.6. The van der Waals surface area contributed by atoms with E-state index >= 15 is 0 Å². The van der Waals surface area contributed by atoms with Crippen molar-refractivity contribution in [2.24, 2.45) is 11.8 Å². The van der Waals surface area contributed by atoms with Crippen LogP contribution in [0.25, 0.3) is 11.3 Å². The van der Waals surface area contributed by atoms with E-state index in [0.717, 1.165) is 38.4 Å². The van der Waals surface area contributed by atoms with E-state index in [1.165, 1.54) is 6.20 Å². The lowest BCUT2D eigenvalue weighted by Gasteiger charge is -2.24. The van der Waals surface area contributed by atoms with E-state index in [9.17, 15) is 9.18 Å². The molecule has 0 unspecified atom stereocenters. The Kier molecular flexibility index (Phi) is 7.32. The molecular weight excluding hydrogens is 421 g/mol. The predicted molar refractivity (Wildman–Crippen MR) is 119 cm³/mol. The predicted octanol–water partition coefficient (Wildman–Crippen LogP) is 3.52. The minimum atomic E-state index is -1.01. The highest BCUT2D eigenvalue weighted by Crippen LogP contribution is 2.29. The van der Waals surface area contributed by atoms with Crippen LogP contribution >= 0.6 is 11.6 Å². The third-order valence-electron chi connectivity index (χ3n) is 5.71. The Morgan fingerprint density at radius 3 is 2.90 bits per heavy atom. The smallest absolute Gasteiger partial charge is 0.230 e. The quantitative estimate of drug-likeness (QED) is 0.628. The fourth-order valence-electron chi connectivity index (χ4n) is 3.90. The van der Waals surface area contributed by atoms with Gasteiger partial charge in [-0.05, 0) is 43.4 Å². The molecule has 2 aliphatic rings. The molecule has 7 nitrogen and oxygen atoms in total. The number of alkyl halides is 1. The van der Waals surface area contributed by atoms with Gasteiger partial charge in [0.05, 0.1) is 16.6 Å². The van der Waals surface area contributed by atoms with Gasteiger partial charge in [0.2, 0.25) is 5.91 Å². The van der Waals surface area contributed by atoms with Gasteiger partial charge >= 0.3 is 0 Å². The fourth-order valence-corrected chi connectivity index (χ4v) is 4.10. The minimum Gasteiger partial charge on any atom is -0.381 e. The molecule has 31 heavy (non-hydrogen) atoms. The molecule has 2 atom stereocenters. The van der Waals surface area contributed by atoms with Crippen LogP contribution in [0.4, 0.5) is 16.0 Å². The van der Waals surface area contributed by atoms with Crippen LogP contribution in [0.3, 0.4) is 0 Å². The Bertz CT molecular complexity index is 909. The van der Waals surface area contributed by atoms with Gasteiger partial charge in [-0.3, -0.25) is 4.79 Å². The molecule has 4 heterocycles. The molecule has 0 aromatic carbocycles. The molecule has 4 rings (SSSR count). The van der Waals surface area contributed by atoms with E-state index < -0.39 is 12.1 Å². The van der Waals surface area contributed by atoms with Gasteiger partial charge in [-0.15, -0.1) is 0 Å². The number of hydrogen-bond acceptors (Lipinski definition) is 6. The number of pyridine rings is 2. The fraction of sp³-hybridized carbons (Fsp3) is 0.500. The molecule has 2 aliphatic heterocycles. The first-order valence-corrected chi connectivity index (χ1v) is 11.1. The number of carbonyl (C=O) groups is 1. The summed E-state index contributed by atoms with van der Waals surface area (Å²) in [5.41, 5.74) is 1.36. The van der Waals surface area contributed by atoms with Gasteiger partial charge in [0, 0.05) is 44.6 Å². The first-order chi connectivity index (χ1) is 15.1. The second kappa shape index (κ2) is 10.3. The Labute approximate surface area is 186 Å². The van der Waals surface area contributed by atoms with E-state index in [2.05, 4.69) is 25.9 Å². The Hall–Kier alpha value is -2.29. The normalized spacial score (nSPS) is 22.1. The molecule has 1 amide bonds. The van der Waals surface area contributed by atoms with E-state index in [0.29, 0.717) is 34.6 Å². The lowest BCUT2D eigenvalue weighted by molar-refractivity contribution is -0.120. The van der Waals surface area contributed by atoms with E-state index in [1.54, 1.807) is 6.07 Å². The number of rotatable bonds is 6. The van der Waals surface area contributed by atoms with E-state index in [4.69, 9.17) is 16.3 Å². The zero-order valence-electron chi connectivity index (χ0n) is 17.2. The summed E-state index contributed by atoms with van der Waals surface area (Å²) in [6.45, 7) is 3.21. The van der Waals surface area contributed by atoms with Crippen LogP contribution in [-0.4, -0.2) is 54.9 Å². The molecular formula is C22H27ClFN5O2. The standard InChI is InChI=1S/C22H27ClFN5O2/c23-18-13-27-21(29-22(30)15-8-16(24)12-25-11-15)9-17(18)19-2-1-3-20(28-19)26-10-14-4-6-31-7-5-14/h1-3,9,13-16,25H,4-8,10-12H2,(H,26,28)(H,27,29,30)/t15-,16+/m1/s1. The summed E-state index contributed by atoms with van der Waals surface area (Å²) >= 11 is 6.38. The van der Waals surface area contributed by atoms with Crippen molar-refractivity contribution >= 4 is 29.1 Å².